The predicted molar refractivity (Wildman–Crippen MR) is 101 cm³/mol. The summed E-state index contributed by atoms with van der Waals surface area (Å²) in [6.45, 7) is 0.594. The van der Waals surface area contributed by atoms with Crippen molar-refractivity contribution >= 4 is 23.2 Å². The molecule has 2 heterocycles. The van der Waals surface area contributed by atoms with Crippen LogP contribution in [0.1, 0.15) is 16.0 Å². The zero-order valence-electron chi connectivity index (χ0n) is 14.8. The number of benzene rings is 2. The van der Waals surface area contributed by atoms with Gasteiger partial charge >= 0.3 is 12.3 Å². The van der Waals surface area contributed by atoms with Gasteiger partial charge in [0.2, 0.25) is 0 Å². The number of para-hydroxylation sites is 1. The van der Waals surface area contributed by atoms with Crippen molar-refractivity contribution in [3.63, 3.8) is 0 Å². The zero-order chi connectivity index (χ0) is 20.6. The van der Waals surface area contributed by atoms with Gasteiger partial charge in [-0.3, -0.25) is 0 Å². The SMILES string of the molecule is O=C(O)Oc1ccc(CN2Cc3ccccc3Oc3ccc(C(F)(F)F)cc32)s1. The summed E-state index contributed by atoms with van der Waals surface area (Å²) in [6.07, 6.45) is -5.90. The van der Waals surface area contributed by atoms with Crippen LogP contribution in [0.5, 0.6) is 16.6 Å². The highest BCUT2D eigenvalue weighted by Gasteiger charge is 2.33. The van der Waals surface area contributed by atoms with Gasteiger partial charge in [0.25, 0.3) is 0 Å². The molecule has 1 aliphatic rings. The number of hydrogen-bond acceptors (Lipinski definition) is 5. The minimum absolute atomic E-state index is 0.197. The molecule has 0 radical (unpaired) electrons. The van der Waals surface area contributed by atoms with E-state index in [1.54, 1.807) is 23.1 Å². The molecule has 29 heavy (non-hydrogen) atoms. The van der Waals surface area contributed by atoms with Gasteiger partial charge in [0, 0.05) is 17.0 Å². The molecule has 1 N–H and O–H groups in total. The van der Waals surface area contributed by atoms with E-state index in [0.29, 0.717) is 23.7 Å². The number of hydrogen-bond donors (Lipinski definition) is 1. The summed E-state index contributed by atoms with van der Waals surface area (Å²) >= 11 is 1.12. The average molecular weight is 421 g/mol. The third-order valence-corrected chi connectivity index (χ3v) is 5.30. The maximum Gasteiger partial charge on any atom is 0.512 e. The van der Waals surface area contributed by atoms with E-state index in [1.807, 2.05) is 12.1 Å². The van der Waals surface area contributed by atoms with Crippen molar-refractivity contribution in [3.8, 4) is 16.6 Å². The third kappa shape index (κ3) is 4.14. The number of fused-ring (bicyclic) bond motifs is 2. The fourth-order valence-electron chi connectivity index (χ4n) is 3.08. The summed E-state index contributed by atoms with van der Waals surface area (Å²) in [4.78, 5) is 13.2. The molecule has 0 aliphatic carbocycles. The molecule has 0 saturated heterocycles. The summed E-state index contributed by atoms with van der Waals surface area (Å²) in [7, 11) is 0. The molecule has 1 aromatic heterocycles. The average Bonchev–Trinajstić information content (AvgIpc) is 3.01. The van der Waals surface area contributed by atoms with Crippen molar-refractivity contribution < 1.29 is 32.5 Å². The first-order chi connectivity index (χ1) is 13.8. The Morgan fingerprint density at radius 2 is 1.93 bits per heavy atom. The Bertz CT molecular complexity index is 1060. The molecule has 0 saturated carbocycles. The number of nitrogens with zero attached hydrogens (tertiary/aromatic N) is 1. The van der Waals surface area contributed by atoms with E-state index < -0.39 is 17.9 Å². The highest BCUT2D eigenvalue weighted by molar-refractivity contribution is 7.13. The van der Waals surface area contributed by atoms with E-state index in [9.17, 15) is 18.0 Å². The Morgan fingerprint density at radius 3 is 2.69 bits per heavy atom. The number of carboxylic acid groups (broad SMARTS) is 1. The summed E-state index contributed by atoms with van der Waals surface area (Å²) in [6, 6.07) is 13.8. The fourth-order valence-corrected chi connectivity index (χ4v) is 3.95. The lowest BCUT2D eigenvalue weighted by Gasteiger charge is -2.24. The lowest BCUT2D eigenvalue weighted by molar-refractivity contribution is -0.137. The molecule has 5 nitrogen and oxygen atoms in total. The summed E-state index contributed by atoms with van der Waals surface area (Å²) in [5.41, 5.74) is 0.373. The smallest absolute Gasteiger partial charge is 0.455 e. The zero-order valence-corrected chi connectivity index (χ0v) is 15.6. The van der Waals surface area contributed by atoms with E-state index >= 15 is 0 Å². The number of halogens is 3. The van der Waals surface area contributed by atoms with Crippen molar-refractivity contribution in [1.29, 1.82) is 0 Å². The third-order valence-electron chi connectivity index (χ3n) is 4.35. The first kappa shape index (κ1) is 19.1. The lowest BCUT2D eigenvalue weighted by atomic mass is 10.1. The highest BCUT2D eigenvalue weighted by atomic mass is 32.1. The quantitative estimate of drug-likeness (QED) is 0.515. The van der Waals surface area contributed by atoms with Crippen molar-refractivity contribution in [2.75, 3.05) is 4.90 Å². The Balaban J connectivity index is 1.73. The van der Waals surface area contributed by atoms with Crippen LogP contribution in [0.2, 0.25) is 0 Å². The number of rotatable bonds is 3. The van der Waals surface area contributed by atoms with Crippen LogP contribution in [0.4, 0.5) is 23.7 Å². The van der Waals surface area contributed by atoms with Crippen LogP contribution in [0.15, 0.2) is 54.6 Å². The van der Waals surface area contributed by atoms with Crippen LogP contribution in [0.3, 0.4) is 0 Å². The molecular formula is C20H14F3NO4S. The second kappa shape index (κ2) is 7.32. The van der Waals surface area contributed by atoms with E-state index in [2.05, 4.69) is 4.74 Å². The van der Waals surface area contributed by atoms with Crippen LogP contribution in [-0.4, -0.2) is 11.3 Å². The summed E-state index contributed by atoms with van der Waals surface area (Å²) in [5, 5.41) is 8.93. The molecule has 0 bridgehead atoms. The number of anilines is 1. The standard InChI is InChI=1S/C20H14F3NO4S/c21-20(22,23)13-5-7-17-15(9-13)24(10-12-3-1-2-4-16(12)27-17)11-14-6-8-18(29-14)28-19(25)26/h1-9H,10-11H2,(H,25,26). The lowest BCUT2D eigenvalue weighted by Crippen LogP contribution is -2.21. The molecule has 2 aromatic carbocycles. The maximum atomic E-state index is 13.3. The van der Waals surface area contributed by atoms with Gasteiger partial charge in [-0.25, -0.2) is 4.79 Å². The molecule has 0 atom stereocenters. The fraction of sp³-hybridized carbons (Fsp3) is 0.150. The Labute approximate surface area is 167 Å². The number of carbonyl (C=O) groups is 1. The number of alkyl halides is 3. The van der Waals surface area contributed by atoms with Crippen molar-refractivity contribution in [2.45, 2.75) is 19.3 Å². The van der Waals surface area contributed by atoms with Crippen LogP contribution < -0.4 is 14.4 Å². The van der Waals surface area contributed by atoms with Crippen molar-refractivity contribution in [1.82, 2.24) is 0 Å². The summed E-state index contributed by atoms with van der Waals surface area (Å²) in [5.74, 6) is 0.901. The monoisotopic (exact) mass is 421 g/mol. The molecule has 3 aromatic rings. The predicted octanol–water partition coefficient (Wildman–Crippen LogP) is 6.14. The van der Waals surface area contributed by atoms with E-state index in [4.69, 9.17) is 9.84 Å². The van der Waals surface area contributed by atoms with E-state index in [0.717, 1.165) is 33.9 Å². The number of ether oxygens (including phenoxy) is 2. The minimum atomic E-state index is -4.48. The van der Waals surface area contributed by atoms with Crippen molar-refractivity contribution in [2.24, 2.45) is 0 Å². The van der Waals surface area contributed by atoms with Crippen molar-refractivity contribution in [3.05, 3.63) is 70.6 Å². The Hall–Kier alpha value is -3.20. The number of thiophene rings is 1. The Kier molecular flexibility index (Phi) is 4.83. The molecule has 4 rings (SSSR count). The molecule has 150 valence electrons. The van der Waals surface area contributed by atoms with Gasteiger partial charge in [-0.15, -0.1) is 11.3 Å². The molecular weight excluding hydrogens is 407 g/mol. The first-order valence-electron chi connectivity index (χ1n) is 8.51. The van der Waals surface area contributed by atoms with Gasteiger partial charge < -0.3 is 19.5 Å². The van der Waals surface area contributed by atoms with Crippen LogP contribution in [-0.2, 0) is 19.3 Å². The van der Waals surface area contributed by atoms with Crippen LogP contribution in [0.25, 0.3) is 0 Å². The van der Waals surface area contributed by atoms with E-state index in [1.165, 1.54) is 12.1 Å². The summed E-state index contributed by atoms with van der Waals surface area (Å²) < 4.78 is 50.3. The second-order valence-corrected chi connectivity index (χ2v) is 7.47. The molecule has 0 fully saturated rings. The Morgan fingerprint density at radius 1 is 1.14 bits per heavy atom. The normalized spacial score (nSPS) is 13.1. The highest BCUT2D eigenvalue weighted by Crippen LogP contribution is 2.43. The van der Waals surface area contributed by atoms with Crippen LogP contribution >= 0.6 is 11.3 Å². The first-order valence-corrected chi connectivity index (χ1v) is 9.33. The van der Waals surface area contributed by atoms with Gasteiger partial charge in [0.05, 0.1) is 17.8 Å². The van der Waals surface area contributed by atoms with Gasteiger partial charge in [0.1, 0.15) is 5.75 Å². The largest absolute Gasteiger partial charge is 0.512 e. The minimum Gasteiger partial charge on any atom is -0.455 e. The van der Waals surface area contributed by atoms with Gasteiger partial charge in [0.15, 0.2) is 10.8 Å². The topological polar surface area (TPSA) is 59.0 Å². The van der Waals surface area contributed by atoms with Gasteiger partial charge in [-0.05, 0) is 36.4 Å². The molecule has 0 spiro atoms. The second-order valence-electron chi connectivity index (χ2n) is 6.33. The van der Waals surface area contributed by atoms with Gasteiger partial charge in [-0.2, -0.15) is 13.2 Å². The maximum absolute atomic E-state index is 13.3. The van der Waals surface area contributed by atoms with E-state index in [-0.39, 0.29) is 11.6 Å². The van der Waals surface area contributed by atoms with Crippen LogP contribution in [0, 0.1) is 0 Å². The molecule has 0 unspecified atom stereocenters. The van der Waals surface area contributed by atoms with Gasteiger partial charge in [-0.1, -0.05) is 18.2 Å². The molecule has 0 amide bonds. The molecule has 1 aliphatic heterocycles. The molecule has 9 heteroatoms.